The molecular formula is C6H11NO2. The van der Waals surface area contributed by atoms with Crippen LogP contribution in [-0.2, 0) is 4.74 Å². The van der Waals surface area contributed by atoms with Gasteiger partial charge >= 0.3 is 0 Å². The summed E-state index contributed by atoms with van der Waals surface area (Å²) in [6.07, 6.45) is 2.73. The summed E-state index contributed by atoms with van der Waals surface area (Å²) < 4.78 is 5.09. The fraction of sp³-hybridized carbons (Fsp3) is 0.667. The third-order valence-electron chi connectivity index (χ3n) is 1.32. The molecule has 0 aromatic carbocycles. The molecule has 0 unspecified atom stereocenters. The maximum absolute atomic E-state index is 8.36. The number of nitrogens with zero attached hydrogens (tertiary/aromatic N) is 1. The molecule has 3 heteroatoms. The average molecular weight is 129 g/mol. The standard InChI is InChI=1S/C6H11NO2/c8-4-1-7-2-5-9-6-3-7/h1,4,8H,2-3,5-6H2/b4-1+. The molecule has 0 aliphatic carbocycles. The Balaban J connectivity index is 2.23. The number of rotatable bonds is 1. The van der Waals surface area contributed by atoms with Crippen molar-refractivity contribution in [2.24, 2.45) is 0 Å². The predicted molar refractivity (Wildman–Crippen MR) is 34.2 cm³/mol. The zero-order valence-electron chi connectivity index (χ0n) is 5.29. The molecule has 1 N–H and O–H groups in total. The summed E-state index contributed by atoms with van der Waals surface area (Å²) in [7, 11) is 0. The van der Waals surface area contributed by atoms with Crippen molar-refractivity contribution in [2.45, 2.75) is 0 Å². The van der Waals surface area contributed by atoms with Crippen molar-refractivity contribution in [3.63, 3.8) is 0 Å². The Morgan fingerprint density at radius 3 is 2.56 bits per heavy atom. The third-order valence-corrected chi connectivity index (χ3v) is 1.32. The van der Waals surface area contributed by atoms with Crippen LogP contribution in [0.1, 0.15) is 0 Å². The van der Waals surface area contributed by atoms with Crippen molar-refractivity contribution in [3.8, 4) is 0 Å². The van der Waals surface area contributed by atoms with E-state index in [9.17, 15) is 0 Å². The van der Waals surface area contributed by atoms with E-state index in [0.717, 1.165) is 32.6 Å². The number of hydrogen-bond donors (Lipinski definition) is 1. The van der Waals surface area contributed by atoms with Gasteiger partial charge in [0, 0.05) is 19.3 Å². The van der Waals surface area contributed by atoms with Gasteiger partial charge in [-0.05, 0) is 0 Å². The fourth-order valence-corrected chi connectivity index (χ4v) is 0.821. The zero-order valence-corrected chi connectivity index (χ0v) is 5.29. The Bertz CT molecular complexity index is 97.2. The molecule has 1 aliphatic heterocycles. The third kappa shape index (κ3) is 1.93. The van der Waals surface area contributed by atoms with Gasteiger partial charge in [0.2, 0.25) is 0 Å². The minimum Gasteiger partial charge on any atom is -0.514 e. The molecule has 0 saturated carbocycles. The second-order valence-corrected chi connectivity index (χ2v) is 1.95. The normalized spacial score (nSPS) is 21.1. The average Bonchev–Trinajstić information content (AvgIpc) is 1.91. The lowest BCUT2D eigenvalue weighted by atomic mass is 10.4. The molecule has 9 heavy (non-hydrogen) atoms. The maximum Gasteiger partial charge on any atom is 0.0950 e. The van der Waals surface area contributed by atoms with Crippen LogP contribution in [0.2, 0.25) is 0 Å². The number of aliphatic hydroxyl groups is 1. The van der Waals surface area contributed by atoms with Gasteiger partial charge in [0.15, 0.2) is 0 Å². The van der Waals surface area contributed by atoms with Crippen molar-refractivity contribution in [3.05, 3.63) is 12.5 Å². The molecule has 1 aliphatic rings. The first kappa shape index (κ1) is 6.42. The first-order chi connectivity index (χ1) is 4.43. The van der Waals surface area contributed by atoms with Crippen LogP contribution >= 0.6 is 0 Å². The largest absolute Gasteiger partial charge is 0.514 e. The lowest BCUT2D eigenvalue weighted by Gasteiger charge is -2.24. The second kappa shape index (κ2) is 3.35. The lowest BCUT2D eigenvalue weighted by Crippen LogP contribution is -2.31. The van der Waals surface area contributed by atoms with Gasteiger partial charge in [0.25, 0.3) is 0 Å². The summed E-state index contributed by atoms with van der Waals surface area (Å²) in [5.74, 6) is 0. The zero-order chi connectivity index (χ0) is 6.53. The molecule has 0 aromatic heterocycles. The molecule has 0 aromatic rings. The summed E-state index contributed by atoms with van der Waals surface area (Å²) in [6.45, 7) is 3.31. The number of hydrogen-bond acceptors (Lipinski definition) is 3. The number of ether oxygens (including phenoxy) is 1. The maximum atomic E-state index is 8.36. The smallest absolute Gasteiger partial charge is 0.0950 e. The highest BCUT2D eigenvalue weighted by atomic mass is 16.5. The summed E-state index contributed by atoms with van der Waals surface area (Å²) in [5.41, 5.74) is 0. The topological polar surface area (TPSA) is 32.7 Å². The first-order valence-electron chi connectivity index (χ1n) is 3.06. The van der Waals surface area contributed by atoms with Gasteiger partial charge in [0.05, 0.1) is 19.5 Å². The van der Waals surface area contributed by atoms with Crippen LogP contribution in [0.5, 0.6) is 0 Å². The van der Waals surface area contributed by atoms with Crippen molar-refractivity contribution >= 4 is 0 Å². The molecule has 0 amide bonds. The molecule has 1 rings (SSSR count). The Kier molecular flexibility index (Phi) is 2.39. The first-order valence-corrected chi connectivity index (χ1v) is 3.06. The van der Waals surface area contributed by atoms with E-state index in [-0.39, 0.29) is 0 Å². The van der Waals surface area contributed by atoms with Crippen LogP contribution in [0.4, 0.5) is 0 Å². The van der Waals surface area contributed by atoms with E-state index in [1.165, 1.54) is 0 Å². The molecular weight excluding hydrogens is 118 g/mol. The van der Waals surface area contributed by atoms with E-state index >= 15 is 0 Å². The van der Waals surface area contributed by atoms with E-state index in [1.807, 2.05) is 4.90 Å². The summed E-state index contributed by atoms with van der Waals surface area (Å²) in [6, 6.07) is 0. The van der Waals surface area contributed by atoms with E-state index in [2.05, 4.69) is 0 Å². The van der Waals surface area contributed by atoms with Gasteiger partial charge in [-0.15, -0.1) is 0 Å². The van der Waals surface area contributed by atoms with Crippen LogP contribution in [0.3, 0.4) is 0 Å². The molecule has 0 radical (unpaired) electrons. The van der Waals surface area contributed by atoms with Crippen molar-refractivity contribution in [1.82, 2.24) is 4.90 Å². The Hall–Kier alpha value is -0.700. The van der Waals surface area contributed by atoms with Gasteiger partial charge < -0.3 is 14.7 Å². The molecule has 0 bridgehead atoms. The van der Waals surface area contributed by atoms with Crippen LogP contribution in [0.15, 0.2) is 12.5 Å². The summed E-state index contributed by atoms with van der Waals surface area (Å²) in [5, 5.41) is 8.36. The van der Waals surface area contributed by atoms with Crippen molar-refractivity contribution < 1.29 is 9.84 Å². The second-order valence-electron chi connectivity index (χ2n) is 1.95. The van der Waals surface area contributed by atoms with Gasteiger partial charge in [-0.3, -0.25) is 0 Å². The Morgan fingerprint density at radius 2 is 2.00 bits per heavy atom. The van der Waals surface area contributed by atoms with Gasteiger partial charge in [-0.25, -0.2) is 0 Å². The van der Waals surface area contributed by atoms with E-state index < -0.39 is 0 Å². The SMILES string of the molecule is O/C=C/N1CCOCC1. The number of aliphatic hydroxyl groups excluding tert-OH is 1. The minimum absolute atomic E-state index is 0.768. The van der Waals surface area contributed by atoms with E-state index in [0.29, 0.717) is 0 Å². The minimum atomic E-state index is 0.768. The predicted octanol–water partition coefficient (Wildman–Crippen LogP) is 0.348. The van der Waals surface area contributed by atoms with Crippen molar-refractivity contribution in [2.75, 3.05) is 26.3 Å². The molecule has 1 saturated heterocycles. The fourth-order valence-electron chi connectivity index (χ4n) is 0.821. The van der Waals surface area contributed by atoms with Crippen molar-refractivity contribution in [1.29, 1.82) is 0 Å². The highest BCUT2D eigenvalue weighted by Gasteiger charge is 2.04. The molecule has 1 heterocycles. The Morgan fingerprint density at radius 1 is 1.33 bits per heavy atom. The van der Waals surface area contributed by atoms with Gasteiger partial charge in [-0.1, -0.05) is 0 Å². The summed E-state index contributed by atoms with van der Waals surface area (Å²) in [4.78, 5) is 2.02. The van der Waals surface area contributed by atoms with Crippen LogP contribution < -0.4 is 0 Å². The monoisotopic (exact) mass is 129 g/mol. The summed E-state index contributed by atoms with van der Waals surface area (Å²) >= 11 is 0. The quantitative estimate of drug-likeness (QED) is 0.518. The highest BCUT2D eigenvalue weighted by Crippen LogP contribution is 1.95. The molecule has 0 spiro atoms. The Labute approximate surface area is 54.5 Å². The van der Waals surface area contributed by atoms with Crippen LogP contribution in [0.25, 0.3) is 0 Å². The van der Waals surface area contributed by atoms with Crippen LogP contribution in [0, 0.1) is 0 Å². The van der Waals surface area contributed by atoms with Gasteiger partial charge in [-0.2, -0.15) is 0 Å². The van der Waals surface area contributed by atoms with Gasteiger partial charge in [0.1, 0.15) is 0 Å². The highest BCUT2D eigenvalue weighted by molar-refractivity contribution is 4.75. The van der Waals surface area contributed by atoms with E-state index in [4.69, 9.17) is 9.84 Å². The van der Waals surface area contributed by atoms with Crippen LogP contribution in [-0.4, -0.2) is 36.3 Å². The molecule has 52 valence electrons. The number of morpholine rings is 1. The molecule has 0 atom stereocenters. The lowest BCUT2D eigenvalue weighted by molar-refractivity contribution is 0.0585. The molecule has 1 fully saturated rings. The van der Waals surface area contributed by atoms with E-state index in [1.54, 1.807) is 6.20 Å². The molecule has 3 nitrogen and oxygen atoms in total.